The van der Waals surface area contributed by atoms with Crippen LogP contribution in [-0.2, 0) is 5.60 Å². The van der Waals surface area contributed by atoms with Gasteiger partial charge >= 0.3 is 0 Å². The van der Waals surface area contributed by atoms with Gasteiger partial charge in [0.1, 0.15) is 11.3 Å². The van der Waals surface area contributed by atoms with Crippen LogP contribution in [0.3, 0.4) is 0 Å². The Kier molecular flexibility index (Phi) is 2.11. The largest absolute Gasteiger partial charge is 0.384 e. The van der Waals surface area contributed by atoms with E-state index >= 15 is 0 Å². The first kappa shape index (κ1) is 8.43. The summed E-state index contributed by atoms with van der Waals surface area (Å²) in [6.45, 7) is 3.23. The van der Waals surface area contributed by atoms with Crippen molar-refractivity contribution in [2.24, 2.45) is 0 Å². The van der Waals surface area contributed by atoms with Crippen LogP contribution in [0, 0.1) is 0 Å². The predicted molar refractivity (Wildman–Crippen MR) is 42.3 cm³/mol. The van der Waals surface area contributed by atoms with E-state index in [0.29, 0.717) is 10.7 Å². The number of aliphatic hydroxyl groups is 1. The SMILES string of the molecule is CC(C)(O)c1nnccc1Cl. The lowest BCUT2D eigenvalue weighted by Crippen LogP contribution is -2.18. The molecule has 0 radical (unpaired) electrons. The molecule has 0 saturated heterocycles. The molecule has 60 valence electrons. The van der Waals surface area contributed by atoms with Crippen molar-refractivity contribution in [1.82, 2.24) is 10.2 Å². The first-order chi connectivity index (χ1) is 5.02. The maximum Gasteiger partial charge on any atom is 0.113 e. The summed E-state index contributed by atoms with van der Waals surface area (Å²) in [6.07, 6.45) is 1.48. The highest BCUT2D eigenvalue weighted by Crippen LogP contribution is 2.23. The van der Waals surface area contributed by atoms with Gasteiger partial charge in [0.15, 0.2) is 0 Å². The molecule has 1 rings (SSSR count). The molecule has 3 nitrogen and oxygen atoms in total. The molecule has 1 aromatic heterocycles. The monoisotopic (exact) mass is 172 g/mol. The molecule has 0 amide bonds. The van der Waals surface area contributed by atoms with Crippen LogP contribution in [0.2, 0.25) is 5.02 Å². The van der Waals surface area contributed by atoms with Crippen LogP contribution in [0.5, 0.6) is 0 Å². The maximum absolute atomic E-state index is 9.48. The molecule has 1 aromatic rings. The third-order valence-corrected chi connectivity index (χ3v) is 1.56. The number of nitrogens with zero attached hydrogens (tertiary/aromatic N) is 2. The molecule has 4 heteroatoms. The molecule has 0 aromatic carbocycles. The standard InChI is InChI=1S/C7H9ClN2O/c1-7(2,11)6-5(8)3-4-9-10-6/h3-4,11H,1-2H3. The van der Waals surface area contributed by atoms with Gasteiger partial charge in [-0.15, -0.1) is 0 Å². The minimum absolute atomic E-state index is 0.404. The number of halogens is 1. The summed E-state index contributed by atoms with van der Waals surface area (Å²) < 4.78 is 0. The highest BCUT2D eigenvalue weighted by Gasteiger charge is 2.21. The molecule has 0 unspecified atom stereocenters. The molecule has 0 aliphatic carbocycles. The van der Waals surface area contributed by atoms with E-state index in [4.69, 9.17) is 11.6 Å². The number of aromatic nitrogens is 2. The Labute approximate surface area is 70.0 Å². The zero-order valence-electron chi connectivity index (χ0n) is 6.37. The van der Waals surface area contributed by atoms with Gasteiger partial charge in [-0.2, -0.15) is 10.2 Å². The summed E-state index contributed by atoms with van der Waals surface area (Å²) in [7, 11) is 0. The van der Waals surface area contributed by atoms with Gasteiger partial charge in [0.05, 0.1) is 11.2 Å². The van der Waals surface area contributed by atoms with Gasteiger partial charge in [-0.3, -0.25) is 0 Å². The van der Waals surface area contributed by atoms with E-state index in [-0.39, 0.29) is 0 Å². The topological polar surface area (TPSA) is 46.0 Å². The fourth-order valence-electron chi connectivity index (χ4n) is 0.731. The second kappa shape index (κ2) is 2.75. The van der Waals surface area contributed by atoms with Gasteiger partial charge in [0, 0.05) is 0 Å². The Morgan fingerprint density at radius 1 is 1.55 bits per heavy atom. The lowest BCUT2D eigenvalue weighted by molar-refractivity contribution is 0.0729. The predicted octanol–water partition coefficient (Wildman–Crippen LogP) is 1.36. The van der Waals surface area contributed by atoms with Crippen LogP contribution < -0.4 is 0 Å². The Hall–Kier alpha value is -0.670. The third kappa shape index (κ3) is 1.88. The summed E-state index contributed by atoms with van der Waals surface area (Å²) in [4.78, 5) is 0. The molecule has 0 atom stereocenters. The van der Waals surface area contributed by atoms with Gasteiger partial charge in [-0.05, 0) is 19.9 Å². The van der Waals surface area contributed by atoms with Crippen molar-refractivity contribution in [2.75, 3.05) is 0 Å². The number of hydrogen-bond acceptors (Lipinski definition) is 3. The van der Waals surface area contributed by atoms with Gasteiger partial charge < -0.3 is 5.11 Å². The molecule has 0 aliphatic rings. The van der Waals surface area contributed by atoms with Crippen molar-refractivity contribution in [3.05, 3.63) is 23.0 Å². The van der Waals surface area contributed by atoms with Crippen molar-refractivity contribution in [3.63, 3.8) is 0 Å². The Bertz CT molecular complexity index is 257. The van der Waals surface area contributed by atoms with E-state index in [0.717, 1.165) is 0 Å². The minimum Gasteiger partial charge on any atom is -0.384 e. The molecular weight excluding hydrogens is 164 g/mol. The Balaban J connectivity index is 3.14. The maximum atomic E-state index is 9.48. The molecule has 1 N–H and O–H groups in total. The van der Waals surface area contributed by atoms with Crippen molar-refractivity contribution < 1.29 is 5.11 Å². The summed E-state index contributed by atoms with van der Waals surface area (Å²) in [5.41, 5.74) is -0.618. The van der Waals surface area contributed by atoms with Crippen LogP contribution in [-0.4, -0.2) is 15.3 Å². The molecule has 0 saturated carbocycles. The molecule has 11 heavy (non-hydrogen) atoms. The molecule has 0 fully saturated rings. The number of hydrogen-bond donors (Lipinski definition) is 1. The van der Waals surface area contributed by atoms with Crippen LogP contribution in [0.1, 0.15) is 19.5 Å². The van der Waals surface area contributed by atoms with Gasteiger partial charge in [0.2, 0.25) is 0 Å². The van der Waals surface area contributed by atoms with Crippen LogP contribution in [0.15, 0.2) is 12.3 Å². The minimum atomic E-state index is -1.02. The highest BCUT2D eigenvalue weighted by atomic mass is 35.5. The van der Waals surface area contributed by atoms with E-state index in [2.05, 4.69) is 10.2 Å². The van der Waals surface area contributed by atoms with Crippen LogP contribution >= 0.6 is 11.6 Å². The average Bonchev–Trinajstić information content (AvgIpc) is 1.86. The smallest absolute Gasteiger partial charge is 0.113 e. The van der Waals surface area contributed by atoms with Crippen molar-refractivity contribution >= 4 is 11.6 Å². The average molecular weight is 173 g/mol. The first-order valence-electron chi connectivity index (χ1n) is 3.22. The lowest BCUT2D eigenvalue weighted by atomic mass is 10.1. The van der Waals surface area contributed by atoms with E-state index < -0.39 is 5.60 Å². The fraction of sp³-hybridized carbons (Fsp3) is 0.429. The van der Waals surface area contributed by atoms with E-state index in [1.807, 2.05) is 0 Å². The van der Waals surface area contributed by atoms with Crippen LogP contribution in [0.25, 0.3) is 0 Å². The fourth-order valence-corrected chi connectivity index (χ4v) is 1.06. The molecule has 1 heterocycles. The quantitative estimate of drug-likeness (QED) is 0.696. The number of rotatable bonds is 1. The lowest BCUT2D eigenvalue weighted by Gasteiger charge is -2.15. The van der Waals surface area contributed by atoms with E-state index in [9.17, 15) is 5.11 Å². The molecular formula is C7H9ClN2O. The summed E-state index contributed by atoms with van der Waals surface area (Å²) >= 11 is 5.75. The van der Waals surface area contributed by atoms with E-state index in [1.165, 1.54) is 6.20 Å². The van der Waals surface area contributed by atoms with Gasteiger partial charge in [-0.1, -0.05) is 11.6 Å². The summed E-state index contributed by atoms with van der Waals surface area (Å²) in [5, 5.41) is 17.3. The molecule has 0 bridgehead atoms. The summed E-state index contributed by atoms with van der Waals surface area (Å²) in [6, 6.07) is 1.60. The zero-order valence-corrected chi connectivity index (χ0v) is 7.13. The zero-order chi connectivity index (χ0) is 8.48. The molecule has 0 spiro atoms. The molecule has 0 aliphatic heterocycles. The van der Waals surface area contributed by atoms with Gasteiger partial charge in [-0.25, -0.2) is 0 Å². The van der Waals surface area contributed by atoms with Crippen molar-refractivity contribution in [2.45, 2.75) is 19.4 Å². The Morgan fingerprint density at radius 3 is 2.55 bits per heavy atom. The van der Waals surface area contributed by atoms with Gasteiger partial charge in [0.25, 0.3) is 0 Å². The van der Waals surface area contributed by atoms with E-state index in [1.54, 1.807) is 19.9 Å². The normalized spacial score (nSPS) is 11.6. The second-order valence-electron chi connectivity index (χ2n) is 2.79. The van der Waals surface area contributed by atoms with Crippen LogP contribution in [0.4, 0.5) is 0 Å². The first-order valence-corrected chi connectivity index (χ1v) is 3.59. The highest BCUT2D eigenvalue weighted by molar-refractivity contribution is 6.31. The second-order valence-corrected chi connectivity index (χ2v) is 3.19. The summed E-state index contributed by atoms with van der Waals surface area (Å²) in [5.74, 6) is 0. The van der Waals surface area contributed by atoms with Crippen molar-refractivity contribution in [1.29, 1.82) is 0 Å². The third-order valence-electron chi connectivity index (χ3n) is 1.25. The van der Waals surface area contributed by atoms with Crippen molar-refractivity contribution in [3.8, 4) is 0 Å². The Morgan fingerprint density at radius 2 is 2.18 bits per heavy atom.